The first-order chi connectivity index (χ1) is 9.28. The molecule has 0 spiro atoms. The number of amides is 1. The molecule has 1 aliphatic carbocycles. The van der Waals surface area contributed by atoms with Crippen molar-refractivity contribution in [1.29, 1.82) is 0 Å². The van der Waals surface area contributed by atoms with Gasteiger partial charge in [0.1, 0.15) is 0 Å². The van der Waals surface area contributed by atoms with E-state index < -0.39 is 0 Å². The van der Waals surface area contributed by atoms with Gasteiger partial charge in [-0.2, -0.15) is 0 Å². The average molecular weight is 263 g/mol. The van der Waals surface area contributed by atoms with Gasteiger partial charge in [-0.25, -0.2) is 4.98 Å². The van der Waals surface area contributed by atoms with E-state index in [1.54, 1.807) is 19.4 Å². The third kappa shape index (κ3) is 4.52. The van der Waals surface area contributed by atoms with Crippen LogP contribution in [-0.2, 0) is 11.3 Å². The number of aromatic nitrogens is 1. The zero-order valence-corrected chi connectivity index (χ0v) is 11.3. The minimum Gasteiger partial charge on any atom is -0.481 e. The number of pyridine rings is 1. The summed E-state index contributed by atoms with van der Waals surface area (Å²) in [6, 6.07) is 4.21. The summed E-state index contributed by atoms with van der Waals surface area (Å²) in [6.07, 6.45) is 6.64. The highest BCUT2D eigenvalue weighted by Gasteiger charge is 2.14. The van der Waals surface area contributed by atoms with Gasteiger partial charge in [0, 0.05) is 24.8 Å². The Bertz CT molecular complexity index is 400. The molecule has 5 nitrogen and oxygen atoms in total. The number of hydrogen-bond acceptors (Lipinski definition) is 4. The van der Waals surface area contributed by atoms with Crippen LogP contribution in [0.5, 0.6) is 5.88 Å². The van der Waals surface area contributed by atoms with Gasteiger partial charge in [-0.05, 0) is 18.4 Å². The van der Waals surface area contributed by atoms with Crippen molar-refractivity contribution in [3.8, 4) is 5.88 Å². The molecular formula is C14H21N3O2. The molecule has 1 aliphatic rings. The second-order valence-electron chi connectivity index (χ2n) is 4.85. The topological polar surface area (TPSA) is 63.2 Å². The fraction of sp³-hybridized carbons (Fsp3) is 0.571. The third-order valence-electron chi connectivity index (χ3n) is 3.40. The molecule has 1 heterocycles. The Balaban J connectivity index is 1.67. The van der Waals surface area contributed by atoms with Gasteiger partial charge in [-0.15, -0.1) is 0 Å². The summed E-state index contributed by atoms with van der Waals surface area (Å²) in [5.41, 5.74) is 0.968. The van der Waals surface area contributed by atoms with Gasteiger partial charge < -0.3 is 15.4 Å². The number of nitrogens with zero attached hydrogens (tertiary/aromatic N) is 1. The highest BCUT2D eigenvalue weighted by molar-refractivity contribution is 5.78. The maximum absolute atomic E-state index is 11.7. The van der Waals surface area contributed by atoms with Crippen LogP contribution in [0.4, 0.5) is 0 Å². The van der Waals surface area contributed by atoms with Gasteiger partial charge in [0.05, 0.1) is 13.7 Å². The van der Waals surface area contributed by atoms with Crippen molar-refractivity contribution < 1.29 is 9.53 Å². The Kier molecular flexibility index (Phi) is 5.15. The Morgan fingerprint density at radius 3 is 2.84 bits per heavy atom. The molecule has 19 heavy (non-hydrogen) atoms. The lowest BCUT2D eigenvalue weighted by atomic mass is 10.2. The van der Waals surface area contributed by atoms with E-state index >= 15 is 0 Å². The molecule has 0 saturated heterocycles. The van der Waals surface area contributed by atoms with Crippen molar-refractivity contribution in [2.75, 3.05) is 13.7 Å². The fourth-order valence-corrected chi connectivity index (χ4v) is 2.27. The zero-order chi connectivity index (χ0) is 13.5. The van der Waals surface area contributed by atoms with Crippen LogP contribution in [0.2, 0.25) is 0 Å². The summed E-state index contributed by atoms with van der Waals surface area (Å²) in [6.45, 7) is 0.899. The lowest BCUT2D eigenvalue weighted by molar-refractivity contribution is -0.120. The Morgan fingerprint density at radius 1 is 1.42 bits per heavy atom. The van der Waals surface area contributed by atoms with Gasteiger partial charge >= 0.3 is 0 Å². The molecule has 104 valence electrons. The molecular weight excluding hydrogens is 242 g/mol. The number of nitrogens with one attached hydrogen (secondary N) is 2. The van der Waals surface area contributed by atoms with Crippen LogP contribution < -0.4 is 15.4 Å². The van der Waals surface area contributed by atoms with Crippen LogP contribution in [0.25, 0.3) is 0 Å². The predicted molar refractivity (Wildman–Crippen MR) is 72.9 cm³/mol. The summed E-state index contributed by atoms with van der Waals surface area (Å²) in [5, 5.41) is 6.17. The van der Waals surface area contributed by atoms with Gasteiger partial charge in [-0.1, -0.05) is 18.9 Å². The van der Waals surface area contributed by atoms with E-state index in [1.807, 2.05) is 6.07 Å². The van der Waals surface area contributed by atoms with Gasteiger partial charge in [0.25, 0.3) is 0 Å². The Hall–Kier alpha value is -1.62. The first kappa shape index (κ1) is 13.8. The van der Waals surface area contributed by atoms with Crippen LogP contribution in [0.1, 0.15) is 31.2 Å². The zero-order valence-electron chi connectivity index (χ0n) is 11.3. The van der Waals surface area contributed by atoms with E-state index in [2.05, 4.69) is 15.6 Å². The third-order valence-corrected chi connectivity index (χ3v) is 3.40. The van der Waals surface area contributed by atoms with Crippen molar-refractivity contribution in [3.63, 3.8) is 0 Å². The molecule has 1 amide bonds. The minimum atomic E-state index is 0.0303. The number of carbonyl (C=O) groups is 1. The molecule has 1 fully saturated rings. The number of ether oxygens (including phenoxy) is 1. The quantitative estimate of drug-likeness (QED) is 0.810. The average Bonchev–Trinajstić information content (AvgIpc) is 2.96. The van der Waals surface area contributed by atoms with Crippen molar-refractivity contribution in [3.05, 3.63) is 23.9 Å². The SMILES string of the molecule is COc1ccc(CNC(=O)CNC2CCCC2)cn1. The number of hydrogen-bond donors (Lipinski definition) is 2. The van der Waals surface area contributed by atoms with Gasteiger partial charge in [0.15, 0.2) is 0 Å². The molecule has 2 N–H and O–H groups in total. The largest absolute Gasteiger partial charge is 0.481 e. The summed E-state index contributed by atoms with van der Waals surface area (Å²) in [5.74, 6) is 0.612. The molecule has 0 unspecified atom stereocenters. The van der Waals surface area contributed by atoms with E-state index in [-0.39, 0.29) is 5.91 Å². The van der Waals surface area contributed by atoms with Gasteiger partial charge in [-0.3, -0.25) is 4.79 Å². The van der Waals surface area contributed by atoms with E-state index in [4.69, 9.17) is 4.74 Å². The summed E-state index contributed by atoms with van der Waals surface area (Å²) >= 11 is 0. The molecule has 1 saturated carbocycles. The molecule has 1 aromatic heterocycles. The summed E-state index contributed by atoms with van der Waals surface area (Å²) in [4.78, 5) is 15.8. The maximum Gasteiger partial charge on any atom is 0.234 e. The molecule has 0 atom stereocenters. The normalized spacial score (nSPS) is 15.4. The number of rotatable bonds is 6. The van der Waals surface area contributed by atoms with E-state index in [0.717, 1.165) is 5.56 Å². The first-order valence-electron chi connectivity index (χ1n) is 6.77. The Labute approximate surface area is 113 Å². The minimum absolute atomic E-state index is 0.0303. The van der Waals surface area contributed by atoms with E-state index in [9.17, 15) is 4.79 Å². The molecule has 0 radical (unpaired) electrons. The van der Waals surface area contributed by atoms with Crippen LogP contribution in [0, 0.1) is 0 Å². The van der Waals surface area contributed by atoms with Crippen molar-refractivity contribution in [1.82, 2.24) is 15.6 Å². The monoisotopic (exact) mass is 263 g/mol. The van der Waals surface area contributed by atoms with E-state index in [0.29, 0.717) is 25.0 Å². The predicted octanol–water partition coefficient (Wildman–Crippen LogP) is 1.24. The highest BCUT2D eigenvalue weighted by Crippen LogP contribution is 2.17. The smallest absolute Gasteiger partial charge is 0.234 e. The first-order valence-corrected chi connectivity index (χ1v) is 6.77. The van der Waals surface area contributed by atoms with Crippen molar-refractivity contribution in [2.24, 2.45) is 0 Å². The maximum atomic E-state index is 11.7. The Morgan fingerprint density at radius 2 is 2.21 bits per heavy atom. The summed E-state index contributed by atoms with van der Waals surface area (Å²) < 4.78 is 4.98. The second kappa shape index (κ2) is 7.09. The molecule has 1 aromatic rings. The molecule has 2 rings (SSSR count). The van der Waals surface area contributed by atoms with Crippen LogP contribution >= 0.6 is 0 Å². The van der Waals surface area contributed by atoms with Crippen molar-refractivity contribution >= 4 is 5.91 Å². The van der Waals surface area contributed by atoms with Gasteiger partial charge in [0.2, 0.25) is 11.8 Å². The molecule has 0 aromatic carbocycles. The number of carbonyl (C=O) groups excluding carboxylic acids is 1. The number of methoxy groups -OCH3 is 1. The van der Waals surface area contributed by atoms with Crippen molar-refractivity contribution in [2.45, 2.75) is 38.3 Å². The fourth-order valence-electron chi connectivity index (χ4n) is 2.27. The van der Waals surface area contributed by atoms with E-state index in [1.165, 1.54) is 25.7 Å². The molecule has 0 aliphatic heterocycles. The molecule has 0 bridgehead atoms. The second-order valence-corrected chi connectivity index (χ2v) is 4.85. The molecule has 5 heteroatoms. The lowest BCUT2D eigenvalue weighted by Crippen LogP contribution is -2.37. The van der Waals surface area contributed by atoms with Crippen LogP contribution in [0.15, 0.2) is 18.3 Å². The highest BCUT2D eigenvalue weighted by atomic mass is 16.5. The lowest BCUT2D eigenvalue weighted by Gasteiger charge is -2.11. The van der Waals surface area contributed by atoms with Crippen LogP contribution in [0.3, 0.4) is 0 Å². The summed E-state index contributed by atoms with van der Waals surface area (Å²) in [7, 11) is 1.58. The standard InChI is InChI=1S/C14H21N3O2/c1-19-14-7-6-11(9-17-14)8-16-13(18)10-15-12-4-2-3-5-12/h6-7,9,12,15H,2-5,8,10H2,1H3,(H,16,18). The van der Waals surface area contributed by atoms with Crippen LogP contribution in [-0.4, -0.2) is 30.6 Å².